The molecule has 1 aliphatic heterocycles. The van der Waals surface area contributed by atoms with E-state index in [1.807, 2.05) is 6.07 Å². The van der Waals surface area contributed by atoms with Gasteiger partial charge in [-0.15, -0.1) is 0 Å². The van der Waals surface area contributed by atoms with Crippen LogP contribution in [0.3, 0.4) is 0 Å². The first kappa shape index (κ1) is 15.7. The molecule has 0 unspecified atom stereocenters. The number of nitrogens with zero attached hydrogens (tertiary/aromatic N) is 3. The van der Waals surface area contributed by atoms with Crippen LogP contribution in [0.2, 0.25) is 0 Å². The SMILES string of the molecule is CN1C(=O)C(=Cc2ccccc2OCC#N)C(=O)N(C)C1=S. The number of thiocarbonyl (C=S) groups is 1. The number of ether oxygens (including phenoxy) is 1. The van der Waals surface area contributed by atoms with E-state index in [0.29, 0.717) is 11.3 Å². The number of carbonyl (C=O) groups is 2. The van der Waals surface area contributed by atoms with E-state index in [9.17, 15) is 9.59 Å². The Balaban J connectivity index is 2.44. The van der Waals surface area contributed by atoms with E-state index in [1.54, 1.807) is 24.3 Å². The van der Waals surface area contributed by atoms with Crippen LogP contribution >= 0.6 is 12.2 Å². The Morgan fingerprint density at radius 3 is 2.41 bits per heavy atom. The highest BCUT2D eigenvalue weighted by molar-refractivity contribution is 7.80. The average molecular weight is 315 g/mol. The quantitative estimate of drug-likeness (QED) is 0.476. The highest BCUT2D eigenvalue weighted by Crippen LogP contribution is 2.24. The van der Waals surface area contributed by atoms with Crippen molar-refractivity contribution >= 4 is 35.2 Å². The first-order valence-corrected chi connectivity index (χ1v) is 6.78. The molecule has 1 heterocycles. The number of hydrogen-bond acceptors (Lipinski definition) is 5. The summed E-state index contributed by atoms with van der Waals surface area (Å²) in [5, 5.41) is 8.75. The molecule has 2 rings (SSSR count). The second-order valence-corrected chi connectivity index (χ2v) is 4.92. The fourth-order valence-corrected chi connectivity index (χ4v) is 2.14. The zero-order chi connectivity index (χ0) is 16.3. The summed E-state index contributed by atoms with van der Waals surface area (Å²) in [5.74, 6) is -0.512. The van der Waals surface area contributed by atoms with Crippen molar-refractivity contribution in [1.82, 2.24) is 9.80 Å². The number of rotatable bonds is 3. The molecule has 6 nitrogen and oxygen atoms in total. The number of amides is 2. The molecule has 0 bridgehead atoms. The maximum atomic E-state index is 12.3. The number of para-hydroxylation sites is 1. The van der Waals surface area contributed by atoms with Gasteiger partial charge in [-0.1, -0.05) is 18.2 Å². The summed E-state index contributed by atoms with van der Waals surface area (Å²) >= 11 is 5.03. The highest BCUT2D eigenvalue weighted by Gasteiger charge is 2.35. The van der Waals surface area contributed by atoms with Crippen molar-refractivity contribution in [2.75, 3.05) is 20.7 Å². The molecule has 22 heavy (non-hydrogen) atoms. The van der Waals surface area contributed by atoms with Crippen LogP contribution in [0.25, 0.3) is 6.08 Å². The summed E-state index contributed by atoms with van der Waals surface area (Å²) in [5.41, 5.74) is 0.538. The summed E-state index contributed by atoms with van der Waals surface area (Å²) in [6, 6.07) is 8.74. The minimum atomic E-state index is -0.469. The lowest BCUT2D eigenvalue weighted by Crippen LogP contribution is -2.52. The minimum absolute atomic E-state index is 0.00777. The van der Waals surface area contributed by atoms with Crippen LogP contribution in [0.5, 0.6) is 5.75 Å². The van der Waals surface area contributed by atoms with Gasteiger partial charge >= 0.3 is 0 Å². The first-order valence-electron chi connectivity index (χ1n) is 6.38. The van der Waals surface area contributed by atoms with Gasteiger partial charge in [0.1, 0.15) is 17.4 Å². The van der Waals surface area contributed by atoms with Gasteiger partial charge in [0.05, 0.1) is 0 Å². The minimum Gasteiger partial charge on any atom is -0.478 e. The zero-order valence-electron chi connectivity index (χ0n) is 12.1. The Hall–Kier alpha value is -2.72. The van der Waals surface area contributed by atoms with E-state index in [1.165, 1.54) is 30.0 Å². The number of likely N-dealkylation sites (N-methyl/N-ethyl adjacent to an activating group) is 2. The molecular weight excluding hydrogens is 302 g/mol. The maximum Gasteiger partial charge on any atom is 0.265 e. The maximum absolute atomic E-state index is 12.3. The molecule has 1 aromatic carbocycles. The summed E-state index contributed by atoms with van der Waals surface area (Å²) in [6.45, 7) is -0.119. The number of hydrogen-bond donors (Lipinski definition) is 0. The molecule has 1 fully saturated rings. The standard InChI is InChI=1S/C15H13N3O3S/c1-17-13(19)11(14(20)18(2)15(17)22)9-10-5-3-4-6-12(10)21-8-7-16/h3-6,9H,8H2,1-2H3. The van der Waals surface area contributed by atoms with Gasteiger partial charge in [0.25, 0.3) is 11.8 Å². The van der Waals surface area contributed by atoms with Crippen molar-refractivity contribution in [3.63, 3.8) is 0 Å². The Bertz CT molecular complexity index is 695. The van der Waals surface area contributed by atoms with Gasteiger partial charge in [-0.3, -0.25) is 19.4 Å². The lowest BCUT2D eigenvalue weighted by Gasteiger charge is -2.31. The molecule has 0 spiro atoms. The molecule has 0 saturated carbocycles. The van der Waals surface area contributed by atoms with Crippen LogP contribution in [-0.4, -0.2) is 47.4 Å². The van der Waals surface area contributed by atoms with Crippen molar-refractivity contribution in [2.45, 2.75) is 0 Å². The summed E-state index contributed by atoms with van der Waals surface area (Å²) in [4.78, 5) is 27.0. The first-order chi connectivity index (χ1) is 10.5. The van der Waals surface area contributed by atoms with E-state index in [0.717, 1.165) is 0 Å². The van der Waals surface area contributed by atoms with Crippen LogP contribution in [0.15, 0.2) is 29.8 Å². The molecule has 1 saturated heterocycles. The summed E-state index contributed by atoms with van der Waals surface area (Å²) in [6.07, 6.45) is 1.45. The van der Waals surface area contributed by atoms with Gasteiger partial charge in [0, 0.05) is 19.7 Å². The summed E-state index contributed by atoms with van der Waals surface area (Å²) in [7, 11) is 3.03. The Morgan fingerprint density at radius 1 is 1.23 bits per heavy atom. The molecule has 1 aromatic rings. The van der Waals surface area contributed by atoms with E-state index in [4.69, 9.17) is 22.2 Å². The molecule has 0 aromatic heterocycles. The molecule has 7 heteroatoms. The largest absolute Gasteiger partial charge is 0.478 e. The van der Waals surface area contributed by atoms with E-state index in [2.05, 4.69) is 0 Å². The second kappa shape index (κ2) is 6.37. The molecule has 112 valence electrons. The third-order valence-electron chi connectivity index (χ3n) is 3.16. The molecule has 0 aliphatic carbocycles. The van der Waals surface area contributed by atoms with Gasteiger partial charge in [-0.25, -0.2) is 0 Å². The van der Waals surface area contributed by atoms with E-state index >= 15 is 0 Å². The molecule has 2 amide bonds. The number of carbonyl (C=O) groups excluding carboxylic acids is 2. The Kier molecular flexibility index (Phi) is 4.53. The second-order valence-electron chi connectivity index (χ2n) is 4.55. The molecular formula is C15H13N3O3S. The van der Waals surface area contributed by atoms with E-state index in [-0.39, 0.29) is 17.3 Å². The van der Waals surface area contributed by atoms with Crippen molar-refractivity contribution < 1.29 is 14.3 Å². The van der Waals surface area contributed by atoms with Crippen LogP contribution in [0.1, 0.15) is 5.56 Å². The topological polar surface area (TPSA) is 73.6 Å². The smallest absolute Gasteiger partial charge is 0.265 e. The molecule has 0 atom stereocenters. The lowest BCUT2D eigenvalue weighted by molar-refractivity contribution is -0.132. The molecule has 0 radical (unpaired) electrons. The predicted octanol–water partition coefficient (Wildman–Crippen LogP) is 1.19. The Labute approximate surface area is 133 Å². The van der Waals surface area contributed by atoms with Gasteiger partial charge in [0.2, 0.25) is 0 Å². The van der Waals surface area contributed by atoms with Gasteiger partial charge in [-0.05, 0) is 24.4 Å². The third kappa shape index (κ3) is 2.82. The molecule has 1 aliphatic rings. The molecule has 0 N–H and O–H groups in total. The monoisotopic (exact) mass is 315 g/mol. The van der Waals surface area contributed by atoms with E-state index < -0.39 is 11.8 Å². The van der Waals surface area contributed by atoms with Crippen LogP contribution in [0, 0.1) is 11.3 Å². The normalized spacial score (nSPS) is 15.0. The van der Waals surface area contributed by atoms with Crippen LogP contribution < -0.4 is 4.74 Å². The number of nitriles is 1. The third-order valence-corrected chi connectivity index (χ3v) is 3.70. The predicted molar refractivity (Wildman–Crippen MR) is 83.7 cm³/mol. The fraction of sp³-hybridized carbons (Fsp3) is 0.200. The van der Waals surface area contributed by atoms with Crippen LogP contribution in [-0.2, 0) is 9.59 Å². The average Bonchev–Trinajstić information content (AvgIpc) is 2.54. The van der Waals surface area contributed by atoms with Crippen molar-refractivity contribution in [3.05, 3.63) is 35.4 Å². The van der Waals surface area contributed by atoms with Crippen LogP contribution in [0.4, 0.5) is 0 Å². The van der Waals surface area contributed by atoms with Crippen molar-refractivity contribution in [1.29, 1.82) is 5.26 Å². The van der Waals surface area contributed by atoms with Crippen molar-refractivity contribution in [3.8, 4) is 11.8 Å². The Morgan fingerprint density at radius 2 is 1.82 bits per heavy atom. The highest BCUT2D eigenvalue weighted by atomic mass is 32.1. The summed E-state index contributed by atoms with van der Waals surface area (Å²) < 4.78 is 5.29. The lowest BCUT2D eigenvalue weighted by atomic mass is 10.1. The zero-order valence-corrected chi connectivity index (χ0v) is 12.9. The fourth-order valence-electron chi connectivity index (χ4n) is 1.97. The van der Waals surface area contributed by atoms with Gasteiger partial charge < -0.3 is 4.74 Å². The van der Waals surface area contributed by atoms with Gasteiger partial charge in [-0.2, -0.15) is 5.26 Å². The number of benzene rings is 1. The van der Waals surface area contributed by atoms with Crippen molar-refractivity contribution in [2.24, 2.45) is 0 Å². The van der Waals surface area contributed by atoms with Gasteiger partial charge in [0.15, 0.2) is 11.7 Å².